The van der Waals surface area contributed by atoms with Gasteiger partial charge in [-0.2, -0.15) is 8.78 Å². The first-order valence-electron chi connectivity index (χ1n) is 7.08. The van der Waals surface area contributed by atoms with E-state index in [4.69, 9.17) is 9.47 Å². The van der Waals surface area contributed by atoms with E-state index in [1.165, 1.54) is 26.4 Å². The summed E-state index contributed by atoms with van der Waals surface area (Å²) in [5, 5.41) is 2.56. The number of carbonyl (C=O) groups excluding carboxylic acids is 1. The minimum atomic E-state index is -2.96. The molecule has 7 heteroatoms. The summed E-state index contributed by atoms with van der Waals surface area (Å²) in [4.78, 5) is 12.1. The van der Waals surface area contributed by atoms with Crippen LogP contribution in [0.25, 0.3) is 0 Å². The van der Waals surface area contributed by atoms with Gasteiger partial charge < -0.3 is 19.5 Å². The molecule has 0 aliphatic rings. The van der Waals surface area contributed by atoms with E-state index in [2.05, 4.69) is 10.1 Å². The number of benzene rings is 2. The third kappa shape index (κ3) is 4.58. The zero-order valence-corrected chi connectivity index (χ0v) is 13.2. The van der Waals surface area contributed by atoms with Gasteiger partial charge in [0.1, 0.15) is 5.75 Å². The van der Waals surface area contributed by atoms with E-state index >= 15 is 0 Å². The number of nitrogens with one attached hydrogen (secondary N) is 1. The number of methoxy groups -OCH3 is 2. The van der Waals surface area contributed by atoms with Gasteiger partial charge in [0.05, 0.1) is 26.3 Å². The molecule has 0 saturated heterocycles. The van der Waals surface area contributed by atoms with E-state index < -0.39 is 6.61 Å². The fourth-order valence-corrected chi connectivity index (χ4v) is 2.14. The third-order valence-corrected chi connectivity index (χ3v) is 3.19. The maximum atomic E-state index is 12.4. The molecular weight excluding hydrogens is 320 g/mol. The van der Waals surface area contributed by atoms with Crippen LogP contribution in [0.3, 0.4) is 0 Å². The largest absolute Gasteiger partial charge is 0.493 e. The maximum absolute atomic E-state index is 12.4. The zero-order chi connectivity index (χ0) is 17.5. The lowest BCUT2D eigenvalue weighted by molar-refractivity contribution is -0.115. The maximum Gasteiger partial charge on any atom is 0.387 e. The second-order valence-corrected chi connectivity index (χ2v) is 4.79. The van der Waals surface area contributed by atoms with Gasteiger partial charge in [-0.1, -0.05) is 18.2 Å². The standard InChI is InChI=1S/C17H17F2NO4/c1-22-14-8-7-11(9-15(14)23-2)10-16(21)20-12-5-3-4-6-13(12)24-17(18)19/h3-9,17H,10H2,1-2H3,(H,20,21). The highest BCUT2D eigenvalue weighted by Crippen LogP contribution is 2.28. The highest BCUT2D eigenvalue weighted by atomic mass is 19.3. The molecule has 1 amide bonds. The van der Waals surface area contributed by atoms with Gasteiger partial charge in [-0.3, -0.25) is 4.79 Å². The predicted molar refractivity (Wildman–Crippen MR) is 85.0 cm³/mol. The number of anilines is 1. The molecule has 0 spiro atoms. The van der Waals surface area contributed by atoms with Crippen molar-refractivity contribution in [2.75, 3.05) is 19.5 Å². The summed E-state index contributed by atoms with van der Waals surface area (Å²) in [6.07, 6.45) is 0.0450. The van der Waals surface area contributed by atoms with E-state index in [1.807, 2.05) is 0 Å². The highest BCUT2D eigenvalue weighted by Gasteiger charge is 2.13. The lowest BCUT2D eigenvalue weighted by Crippen LogP contribution is -2.16. The molecular formula is C17H17F2NO4. The minimum absolute atomic E-state index is 0.0450. The SMILES string of the molecule is COc1ccc(CC(=O)Nc2ccccc2OC(F)F)cc1OC. The molecule has 0 fully saturated rings. The second kappa shape index (κ2) is 8.14. The molecule has 2 aromatic carbocycles. The van der Waals surface area contributed by atoms with Crippen molar-refractivity contribution in [2.24, 2.45) is 0 Å². The fraction of sp³-hybridized carbons (Fsp3) is 0.235. The summed E-state index contributed by atoms with van der Waals surface area (Å²) in [5.74, 6) is 0.599. The van der Waals surface area contributed by atoms with Crippen LogP contribution in [0.1, 0.15) is 5.56 Å². The average molecular weight is 337 g/mol. The van der Waals surface area contributed by atoms with Crippen LogP contribution in [0, 0.1) is 0 Å². The molecule has 0 radical (unpaired) electrons. The lowest BCUT2D eigenvalue weighted by Gasteiger charge is -2.12. The molecule has 0 heterocycles. The van der Waals surface area contributed by atoms with Crippen LogP contribution in [-0.2, 0) is 11.2 Å². The van der Waals surface area contributed by atoms with Crippen LogP contribution >= 0.6 is 0 Å². The Labute approximate surface area is 138 Å². The highest BCUT2D eigenvalue weighted by molar-refractivity contribution is 5.93. The summed E-state index contributed by atoms with van der Waals surface area (Å²) < 4.78 is 39.4. The number of rotatable bonds is 7. The van der Waals surface area contributed by atoms with Crippen molar-refractivity contribution in [1.82, 2.24) is 0 Å². The number of para-hydroxylation sites is 2. The Morgan fingerprint density at radius 3 is 2.42 bits per heavy atom. The van der Waals surface area contributed by atoms with E-state index in [1.54, 1.807) is 30.3 Å². The normalized spacial score (nSPS) is 10.4. The zero-order valence-electron chi connectivity index (χ0n) is 13.2. The number of halogens is 2. The van der Waals surface area contributed by atoms with Crippen LogP contribution in [-0.4, -0.2) is 26.7 Å². The summed E-state index contributed by atoms with van der Waals surface area (Å²) in [6.45, 7) is -2.96. The molecule has 0 aliphatic heterocycles. The monoisotopic (exact) mass is 337 g/mol. The number of alkyl halides is 2. The Bertz CT molecular complexity index is 707. The van der Waals surface area contributed by atoms with Crippen molar-refractivity contribution in [2.45, 2.75) is 13.0 Å². The minimum Gasteiger partial charge on any atom is -0.493 e. The van der Waals surface area contributed by atoms with Crippen LogP contribution < -0.4 is 19.5 Å². The van der Waals surface area contributed by atoms with E-state index in [0.717, 1.165) is 0 Å². The Balaban J connectivity index is 2.09. The molecule has 128 valence electrons. The first-order valence-corrected chi connectivity index (χ1v) is 7.08. The van der Waals surface area contributed by atoms with Gasteiger partial charge in [0.15, 0.2) is 11.5 Å². The van der Waals surface area contributed by atoms with Gasteiger partial charge in [0, 0.05) is 0 Å². The van der Waals surface area contributed by atoms with Gasteiger partial charge in [0.25, 0.3) is 0 Å². The second-order valence-electron chi connectivity index (χ2n) is 4.79. The quantitative estimate of drug-likeness (QED) is 0.840. The predicted octanol–water partition coefficient (Wildman–Crippen LogP) is 3.49. The molecule has 0 unspecified atom stereocenters. The topological polar surface area (TPSA) is 56.8 Å². The van der Waals surface area contributed by atoms with Crippen LogP contribution in [0.5, 0.6) is 17.2 Å². The third-order valence-electron chi connectivity index (χ3n) is 3.19. The van der Waals surface area contributed by atoms with Gasteiger partial charge in [-0.25, -0.2) is 0 Å². The molecule has 2 rings (SSSR count). The molecule has 2 aromatic rings. The Hall–Kier alpha value is -2.83. The molecule has 5 nitrogen and oxygen atoms in total. The van der Waals surface area contributed by atoms with Crippen LogP contribution in [0.2, 0.25) is 0 Å². The summed E-state index contributed by atoms with van der Waals surface area (Å²) in [7, 11) is 3.02. The number of carbonyl (C=O) groups is 1. The van der Waals surface area contributed by atoms with E-state index in [0.29, 0.717) is 17.1 Å². The molecule has 0 aromatic heterocycles. The van der Waals surface area contributed by atoms with Gasteiger partial charge in [-0.15, -0.1) is 0 Å². The van der Waals surface area contributed by atoms with Gasteiger partial charge in [0.2, 0.25) is 5.91 Å². The Kier molecular flexibility index (Phi) is 5.95. The van der Waals surface area contributed by atoms with Crippen LogP contribution in [0.4, 0.5) is 14.5 Å². The smallest absolute Gasteiger partial charge is 0.387 e. The average Bonchev–Trinajstić information content (AvgIpc) is 2.56. The van der Waals surface area contributed by atoms with Crippen molar-refractivity contribution in [3.8, 4) is 17.2 Å². The van der Waals surface area contributed by atoms with Crippen molar-refractivity contribution in [1.29, 1.82) is 0 Å². The molecule has 0 atom stereocenters. The van der Waals surface area contributed by atoms with Gasteiger partial charge >= 0.3 is 6.61 Å². The summed E-state index contributed by atoms with van der Waals surface area (Å²) >= 11 is 0. The Morgan fingerprint density at radius 2 is 1.75 bits per heavy atom. The van der Waals surface area contributed by atoms with Gasteiger partial charge in [-0.05, 0) is 29.8 Å². The van der Waals surface area contributed by atoms with Crippen molar-refractivity contribution >= 4 is 11.6 Å². The lowest BCUT2D eigenvalue weighted by atomic mass is 10.1. The molecule has 0 bridgehead atoms. The Morgan fingerprint density at radius 1 is 1.04 bits per heavy atom. The summed E-state index contributed by atoms with van der Waals surface area (Å²) in [6, 6.07) is 11.1. The molecule has 0 aliphatic carbocycles. The van der Waals surface area contributed by atoms with Crippen molar-refractivity contribution in [3.63, 3.8) is 0 Å². The van der Waals surface area contributed by atoms with Crippen molar-refractivity contribution in [3.05, 3.63) is 48.0 Å². The first-order chi connectivity index (χ1) is 11.5. The molecule has 1 N–H and O–H groups in total. The molecule has 0 saturated carbocycles. The summed E-state index contributed by atoms with van der Waals surface area (Å²) in [5.41, 5.74) is 0.876. The fourth-order valence-electron chi connectivity index (χ4n) is 2.14. The number of hydrogen-bond donors (Lipinski definition) is 1. The van der Waals surface area contributed by atoms with Crippen LogP contribution in [0.15, 0.2) is 42.5 Å². The number of amides is 1. The number of ether oxygens (including phenoxy) is 3. The molecule has 24 heavy (non-hydrogen) atoms. The number of hydrogen-bond acceptors (Lipinski definition) is 4. The first kappa shape index (κ1) is 17.5. The van der Waals surface area contributed by atoms with Crippen molar-refractivity contribution < 1.29 is 27.8 Å². The van der Waals surface area contributed by atoms with E-state index in [-0.39, 0.29) is 23.8 Å². The van der Waals surface area contributed by atoms with E-state index in [9.17, 15) is 13.6 Å².